The maximum atomic E-state index is 11.5. The number of unbranched alkanes of at least 4 members (excludes halogenated alkanes) is 1. The molecule has 1 atom stereocenters. The average Bonchev–Trinajstić information content (AvgIpc) is 2.62. The Labute approximate surface area is 100 Å². The number of carbonyl (C=O) groups is 2. The molecule has 0 amide bonds. The monoisotopic (exact) mass is 242 g/mol. The minimum atomic E-state index is -0.805. The van der Waals surface area contributed by atoms with Crippen LogP contribution in [0, 0.1) is 0 Å². The highest BCUT2D eigenvalue weighted by Crippen LogP contribution is 2.22. The standard InChI is InChI=1S/C12H18O5/c13-5-6-17-10-7-9(11(14)8-10)3-1-2-4-12(15)16/h7,10,13H,1-6,8H2,(H,15,16). The lowest BCUT2D eigenvalue weighted by molar-refractivity contribution is -0.137. The molecule has 0 bridgehead atoms. The topological polar surface area (TPSA) is 83.8 Å². The second-order valence-corrected chi connectivity index (χ2v) is 4.05. The van der Waals surface area contributed by atoms with Gasteiger partial charge in [-0.15, -0.1) is 0 Å². The minimum absolute atomic E-state index is 0.0491. The third-order valence-electron chi connectivity index (χ3n) is 2.64. The maximum Gasteiger partial charge on any atom is 0.303 e. The third kappa shape index (κ3) is 5.10. The molecule has 1 unspecified atom stereocenters. The number of Topliss-reactive ketones (excluding diaryl/α,β-unsaturated/α-hetero) is 1. The van der Waals surface area contributed by atoms with Crippen molar-refractivity contribution in [3.63, 3.8) is 0 Å². The van der Waals surface area contributed by atoms with Gasteiger partial charge in [0.15, 0.2) is 5.78 Å². The number of carbonyl (C=O) groups excluding carboxylic acids is 1. The molecule has 0 saturated carbocycles. The number of rotatable bonds is 8. The van der Waals surface area contributed by atoms with E-state index in [1.807, 2.05) is 0 Å². The normalized spacial score (nSPS) is 19.5. The van der Waals surface area contributed by atoms with Crippen LogP contribution in [0.1, 0.15) is 32.1 Å². The first-order valence-electron chi connectivity index (χ1n) is 5.81. The predicted molar refractivity (Wildman–Crippen MR) is 60.6 cm³/mol. The number of allylic oxidation sites excluding steroid dienone is 1. The SMILES string of the molecule is O=C(O)CCCCC1=CC(OCCO)CC1=O. The largest absolute Gasteiger partial charge is 0.481 e. The van der Waals surface area contributed by atoms with E-state index in [2.05, 4.69) is 0 Å². The molecule has 1 aliphatic rings. The zero-order chi connectivity index (χ0) is 12.7. The number of ether oxygens (including phenoxy) is 1. The Kier molecular flexibility index (Phi) is 5.86. The highest BCUT2D eigenvalue weighted by atomic mass is 16.5. The average molecular weight is 242 g/mol. The Bertz CT molecular complexity index is 308. The summed E-state index contributed by atoms with van der Waals surface area (Å²) in [4.78, 5) is 21.9. The lowest BCUT2D eigenvalue weighted by Crippen LogP contribution is -2.11. The van der Waals surface area contributed by atoms with Crippen LogP contribution in [0.4, 0.5) is 0 Å². The summed E-state index contributed by atoms with van der Waals surface area (Å²) in [7, 11) is 0. The van der Waals surface area contributed by atoms with Crippen LogP contribution in [0.3, 0.4) is 0 Å². The number of aliphatic carboxylic acids is 1. The Morgan fingerprint density at radius 3 is 2.88 bits per heavy atom. The number of hydrogen-bond acceptors (Lipinski definition) is 4. The van der Waals surface area contributed by atoms with Crippen LogP contribution in [-0.4, -0.2) is 41.3 Å². The zero-order valence-corrected chi connectivity index (χ0v) is 9.72. The van der Waals surface area contributed by atoms with Gasteiger partial charge in [-0.3, -0.25) is 9.59 Å². The number of carboxylic acids is 1. The molecular weight excluding hydrogens is 224 g/mol. The van der Waals surface area contributed by atoms with E-state index in [9.17, 15) is 9.59 Å². The molecule has 0 fully saturated rings. The third-order valence-corrected chi connectivity index (χ3v) is 2.64. The minimum Gasteiger partial charge on any atom is -0.481 e. The van der Waals surface area contributed by atoms with Gasteiger partial charge in [0, 0.05) is 12.8 Å². The van der Waals surface area contributed by atoms with Crippen LogP contribution in [-0.2, 0) is 14.3 Å². The first kappa shape index (κ1) is 13.9. The van der Waals surface area contributed by atoms with E-state index in [0.29, 0.717) is 25.7 Å². The molecule has 5 heteroatoms. The van der Waals surface area contributed by atoms with Crippen LogP contribution >= 0.6 is 0 Å². The van der Waals surface area contributed by atoms with Crippen LogP contribution in [0.15, 0.2) is 11.6 Å². The van der Waals surface area contributed by atoms with Crippen molar-refractivity contribution >= 4 is 11.8 Å². The fourth-order valence-electron chi connectivity index (χ4n) is 1.82. The molecule has 2 N–H and O–H groups in total. The lowest BCUT2D eigenvalue weighted by Gasteiger charge is -2.05. The van der Waals surface area contributed by atoms with Crippen LogP contribution in [0.25, 0.3) is 0 Å². The second kappa shape index (κ2) is 7.19. The van der Waals surface area contributed by atoms with Gasteiger partial charge in [0.05, 0.1) is 19.3 Å². The summed E-state index contributed by atoms with van der Waals surface area (Å²) >= 11 is 0. The van der Waals surface area contributed by atoms with Gasteiger partial charge in [0.1, 0.15) is 0 Å². The van der Waals surface area contributed by atoms with Crippen LogP contribution in [0.5, 0.6) is 0 Å². The van der Waals surface area contributed by atoms with E-state index in [1.54, 1.807) is 6.08 Å². The van der Waals surface area contributed by atoms with Crippen LogP contribution < -0.4 is 0 Å². The van der Waals surface area contributed by atoms with Gasteiger partial charge in [0.25, 0.3) is 0 Å². The Morgan fingerprint density at radius 1 is 1.47 bits per heavy atom. The molecule has 0 spiro atoms. The van der Waals surface area contributed by atoms with Crippen molar-refractivity contribution in [2.45, 2.75) is 38.2 Å². The first-order chi connectivity index (χ1) is 8.13. The van der Waals surface area contributed by atoms with Crippen molar-refractivity contribution in [1.29, 1.82) is 0 Å². The van der Waals surface area contributed by atoms with E-state index < -0.39 is 5.97 Å². The van der Waals surface area contributed by atoms with E-state index in [1.165, 1.54) is 0 Å². The fourth-order valence-corrected chi connectivity index (χ4v) is 1.82. The number of aliphatic hydroxyl groups excluding tert-OH is 1. The smallest absolute Gasteiger partial charge is 0.303 e. The summed E-state index contributed by atoms with van der Waals surface area (Å²) in [6.45, 7) is 0.188. The van der Waals surface area contributed by atoms with Gasteiger partial charge in [-0.05, 0) is 30.9 Å². The first-order valence-corrected chi connectivity index (χ1v) is 5.81. The molecule has 5 nitrogen and oxygen atoms in total. The molecule has 0 aliphatic heterocycles. The molecule has 1 aliphatic carbocycles. The molecule has 0 aromatic heterocycles. The highest BCUT2D eigenvalue weighted by Gasteiger charge is 2.23. The number of ketones is 1. The number of aliphatic hydroxyl groups is 1. The Morgan fingerprint density at radius 2 is 2.24 bits per heavy atom. The van der Waals surface area contributed by atoms with Crippen molar-refractivity contribution in [2.24, 2.45) is 0 Å². The van der Waals surface area contributed by atoms with Gasteiger partial charge in [-0.1, -0.05) is 0 Å². The molecule has 17 heavy (non-hydrogen) atoms. The maximum absolute atomic E-state index is 11.5. The predicted octanol–water partition coefficient (Wildman–Crippen LogP) is 0.908. The zero-order valence-electron chi connectivity index (χ0n) is 9.72. The summed E-state index contributed by atoms with van der Waals surface area (Å²) in [6.07, 6.45) is 3.96. The molecular formula is C12H18O5. The van der Waals surface area contributed by atoms with E-state index in [0.717, 1.165) is 5.57 Å². The van der Waals surface area contributed by atoms with Gasteiger partial charge < -0.3 is 14.9 Å². The fraction of sp³-hybridized carbons (Fsp3) is 0.667. The summed E-state index contributed by atoms with van der Waals surface area (Å²) in [5.41, 5.74) is 0.735. The van der Waals surface area contributed by atoms with Crippen molar-refractivity contribution in [3.05, 3.63) is 11.6 Å². The highest BCUT2D eigenvalue weighted by molar-refractivity contribution is 5.98. The van der Waals surface area contributed by atoms with Crippen molar-refractivity contribution < 1.29 is 24.5 Å². The molecule has 0 heterocycles. The van der Waals surface area contributed by atoms with Gasteiger partial charge in [-0.2, -0.15) is 0 Å². The molecule has 0 aromatic rings. The molecule has 96 valence electrons. The summed E-state index contributed by atoms with van der Waals surface area (Å²) in [6, 6.07) is 0. The second-order valence-electron chi connectivity index (χ2n) is 4.05. The van der Waals surface area contributed by atoms with Gasteiger partial charge in [-0.25, -0.2) is 0 Å². The van der Waals surface area contributed by atoms with E-state index >= 15 is 0 Å². The number of hydrogen-bond donors (Lipinski definition) is 2. The lowest BCUT2D eigenvalue weighted by atomic mass is 10.1. The van der Waals surface area contributed by atoms with Crippen molar-refractivity contribution in [2.75, 3.05) is 13.2 Å². The molecule has 0 saturated heterocycles. The molecule has 1 rings (SSSR count). The van der Waals surface area contributed by atoms with E-state index in [4.69, 9.17) is 14.9 Å². The molecule has 0 radical (unpaired) electrons. The Hall–Kier alpha value is -1.20. The summed E-state index contributed by atoms with van der Waals surface area (Å²) in [5, 5.41) is 17.1. The van der Waals surface area contributed by atoms with Crippen molar-refractivity contribution in [1.82, 2.24) is 0 Å². The van der Waals surface area contributed by atoms with Gasteiger partial charge in [0.2, 0.25) is 0 Å². The van der Waals surface area contributed by atoms with E-state index in [-0.39, 0.29) is 31.5 Å². The number of carboxylic acid groups (broad SMARTS) is 1. The summed E-state index contributed by atoms with van der Waals surface area (Å²) < 4.78 is 5.26. The Balaban J connectivity index is 2.27. The van der Waals surface area contributed by atoms with Crippen LogP contribution in [0.2, 0.25) is 0 Å². The quantitative estimate of drug-likeness (QED) is 0.618. The molecule has 0 aromatic carbocycles. The van der Waals surface area contributed by atoms with Gasteiger partial charge >= 0.3 is 5.97 Å². The summed E-state index contributed by atoms with van der Waals surface area (Å²) in [5.74, 6) is -0.732. The van der Waals surface area contributed by atoms with Crippen molar-refractivity contribution in [3.8, 4) is 0 Å².